The minimum absolute atomic E-state index is 0.218. The van der Waals surface area contributed by atoms with Crippen molar-refractivity contribution in [3.63, 3.8) is 0 Å². The number of thiophene rings is 1. The highest BCUT2D eigenvalue weighted by Crippen LogP contribution is 2.25. The average Bonchev–Trinajstić information content (AvgIpc) is 3.33. The van der Waals surface area contributed by atoms with Gasteiger partial charge in [0.1, 0.15) is 5.71 Å². The van der Waals surface area contributed by atoms with Gasteiger partial charge in [0.05, 0.1) is 11.1 Å². The summed E-state index contributed by atoms with van der Waals surface area (Å²) in [6, 6.07) is 14.8. The molecule has 2 heterocycles. The molecule has 0 fully saturated rings. The zero-order valence-corrected chi connectivity index (χ0v) is 16.5. The number of benzene rings is 1. The molecule has 26 heavy (non-hydrogen) atoms. The van der Waals surface area contributed by atoms with Crippen LogP contribution in [0.25, 0.3) is 0 Å². The fourth-order valence-electron chi connectivity index (χ4n) is 2.22. The topological polar surface area (TPSA) is 54.6 Å². The van der Waals surface area contributed by atoms with E-state index in [0.29, 0.717) is 10.7 Å². The first-order valence-corrected chi connectivity index (χ1v) is 10.4. The third kappa shape index (κ3) is 4.78. The van der Waals surface area contributed by atoms with Crippen LogP contribution in [-0.2, 0) is 5.75 Å². The van der Waals surface area contributed by atoms with Gasteiger partial charge in [0.25, 0.3) is 0 Å². The number of rotatable bonds is 7. The van der Waals surface area contributed by atoms with Crippen molar-refractivity contribution in [1.29, 1.82) is 0 Å². The maximum atomic E-state index is 12.1. The van der Waals surface area contributed by atoms with Crippen LogP contribution in [0.4, 0.5) is 0 Å². The Hall–Kier alpha value is -2.02. The van der Waals surface area contributed by atoms with Gasteiger partial charge in [-0.1, -0.05) is 30.7 Å². The highest BCUT2D eigenvalue weighted by Gasteiger charge is 2.13. The van der Waals surface area contributed by atoms with E-state index >= 15 is 0 Å². The molecule has 134 valence electrons. The zero-order valence-electron chi connectivity index (χ0n) is 14.1. The summed E-state index contributed by atoms with van der Waals surface area (Å²) >= 11 is 9.54. The van der Waals surface area contributed by atoms with Gasteiger partial charge >= 0.3 is 5.91 Å². The number of amides is 1. The molecule has 1 amide bonds. The van der Waals surface area contributed by atoms with Crippen molar-refractivity contribution in [2.45, 2.75) is 12.7 Å². The first-order valence-electron chi connectivity index (χ1n) is 8.01. The predicted molar refractivity (Wildman–Crippen MR) is 109 cm³/mol. The molecule has 1 N–H and O–H groups in total. The van der Waals surface area contributed by atoms with E-state index in [1.165, 1.54) is 11.1 Å². The lowest BCUT2D eigenvalue weighted by Gasteiger charge is -2.06. The fourth-order valence-corrected chi connectivity index (χ4v) is 4.15. The number of furan rings is 1. The molecule has 2 aromatic heterocycles. The molecule has 0 bridgehead atoms. The van der Waals surface area contributed by atoms with Crippen molar-refractivity contribution in [2.75, 3.05) is 5.75 Å². The molecule has 4 nitrogen and oxygen atoms in total. The van der Waals surface area contributed by atoms with Crippen LogP contribution >= 0.6 is 34.7 Å². The van der Waals surface area contributed by atoms with E-state index in [2.05, 4.69) is 23.5 Å². The van der Waals surface area contributed by atoms with Crippen LogP contribution < -0.4 is 5.43 Å². The molecule has 0 spiro atoms. The maximum Gasteiger partial charge on any atom is 0.307 e. The summed E-state index contributed by atoms with van der Waals surface area (Å²) in [5, 5.41) is 5.01. The lowest BCUT2D eigenvalue weighted by atomic mass is 10.1. The third-order valence-electron chi connectivity index (χ3n) is 3.48. The number of nitrogens with one attached hydrogen (secondary N) is 1. The van der Waals surface area contributed by atoms with Crippen molar-refractivity contribution in [3.05, 3.63) is 80.9 Å². The predicted octanol–water partition coefficient (Wildman–Crippen LogP) is 5.43. The van der Waals surface area contributed by atoms with Crippen molar-refractivity contribution >= 4 is 46.3 Å². The molecule has 0 saturated carbocycles. The largest absolute Gasteiger partial charge is 0.459 e. The molecular weight excluding hydrogens is 388 g/mol. The molecule has 0 aliphatic heterocycles. The number of hydrogen-bond acceptors (Lipinski definition) is 5. The summed E-state index contributed by atoms with van der Waals surface area (Å²) in [7, 11) is 0. The van der Waals surface area contributed by atoms with E-state index in [9.17, 15) is 4.79 Å². The zero-order chi connectivity index (χ0) is 18.4. The van der Waals surface area contributed by atoms with Gasteiger partial charge < -0.3 is 4.42 Å². The maximum absolute atomic E-state index is 12.1. The number of hydrazone groups is 1. The Morgan fingerprint density at radius 1 is 1.23 bits per heavy atom. The van der Waals surface area contributed by atoms with Crippen LogP contribution in [0.5, 0.6) is 0 Å². The van der Waals surface area contributed by atoms with E-state index in [-0.39, 0.29) is 11.7 Å². The first kappa shape index (κ1) is 18.8. The Labute approximate surface area is 165 Å². The van der Waals surface area contributed by atoms with Crippen LogP contribution in [0.15, 0.2) is 64.3 Å². The highest BCUT2D eigenvalue weighted by atomic mass is 35.5. The summed E-state index contributed by atoms with van der Waals surface area (Å²) in [6.07, 6.45) is 1.45. The molecule has 0 saturated heterocycles. The molecule has 3 rings (SSSR count). The number of carbonyl (C=O) groups excluding carboxylic acids is 1. The van der Waals surface area contributed by atoms with E-state index in [4.69, 9.17) is 16.0 Å². The van der Waals surface area contributed by atoms with Crippen molar-refractivity contribution < 1.29 is 9.21 Å². The highest BCUT2D eigenvalue weighted by molar-refractivity contribution is 7.98. The minimum Gasteiger partial charge on any atom is -0.459 e. The number of hydrogen-bond donors (Lipinski definition) is 1. The Balaban J connectivity index is 1.88. The summed E-state index contributed by atoms with van der Waals surface area (Å²) in [5.74, 6) is 1.87. The average molecular weight is 405 g/mol. The van der Waals surface area contributed by atoms with Gasteiger partial charge in [-0.15, -0.1) is 11.3 Å². The van der Waals surface area contributed by atoms with E-state index in [0.717, 1.165) is 21.9 Å². The lowest BCUT2D eigenvalue weighted by molar-refractivity contribution is 0.0927. The quantitative estimate of drug-likeness (QED) is 0.422. The van der Waals surface area contributed by atoms with E-state index in [1.807, 2.05) is 42.1 Å². The molecule has 0 atom stereocenters. The standard InChI is InChI=1S/C19H17ClN2O2S2/c1-2-25-12-15-9-10-17(26-15)18(13-5-7-14(20)8-6-13)21-22-19(23)16-4-3-11-24-16/h3-11H,2,12H2,1H3,(H,22,23). The van der Waals surface area contributed by atoms with Crippen molar-refractivity contribution in [1.82, 2.24) is 5.43 Å². The van der Waals surface area contributed by atoms with Gasteiger partial charge in [0.2, 0.25) is 0 Å². The molecule has 0 radical (unpaired) electrons. The minimum atomic E-state index is -0.389. The molecule has 0 aliphatic rings. The number of halogens is 1. The third-order valence-corrected chi connectivity index (χ3v) is 5.93. The van der Waals surface area contributed by atoms with Gasteiger partial charge in [-0.05, 0) is 42.2 Å². The SMILES string of the molecule is CCSCc1ccc(C(=NNC(=O)c2ccco2)c2ccc(Cl)cc2)s1. The molecular formula is C19H17ClN2O2S2. The van der Waals surface area contributed by atoms with Crippen molar-refractivity contribution in [2.24, 2.45) is 5.10 Å². The van der Waals surface area contributed by atoms with Crippen molar-refractivity contribution in [3.8, 4) is 0 Å². The lowest BCUT2D eigenvalue weighted by Crippen LogP contribution is -2.19. The van der Waals surface area contributed by atoms with Crippen LogP contribution in [0, 0.1) is 0 Å². The summed E-state index contributed by atoms with van der Waals surface area (Å²) in [5.41, 5.74) is 4.15. The van der Waals surface area contributed by atoms with Crippen LogP contribution in [0.3, 0.4) is 0 Å². The number of thioether (sulfide) groups is 1. The van der Waals surface area contributed by atoms with Crippen LogP contribution in [0.1, 0.15) is 32.8 Å². The molecule has 3 aromatic rings. The second kappa shape index (κ2) is 9.07. The molecule has 7 heteroatoms. The Kier molecular flexibility index (Phi) is 6.55. The van der Waals surface area contributed by atoms with E-state index < -0.39 is 0 Å². The second-order valence-electron chi connectivity index (χ2n) is 5.29. The fraction of sp³-hybridized carbons (Fsp3) is 0.158. The number of nitrogens with zero attached hydrogens (tertiary/aromatic N) is 1. The smallest absolute Gasteiger partial charge is 0.307 e. The van der Waals surface area contributed by atoms with Gasteiger partial charge in [-0.25, -0.2) is 5.43 Å². The van der Waals surface area contributed by atoms with Gasteiger partial charge in [0, 0.05) is 21.2 Å². The normalized spacial score (nSPS) is 11.5. The van der Waals surface area contributed by atoms with Gasteiger partial charge in [0.15, 0.2) is 5.76 Å². The molecule has 0 unspecified atom stereocenters. The first-order chi connectivity index (χ1) is 12.7. The second-order valence-corrected chi connectivity index (χ2v) is 8.17. The molecule has 1 aromatic carbocycles. The van der Waals surface area contributed by atoms with Crippen LogP contribution in [0.2, 0.25) is 5.02 Å². The Morgan fingerprint density at radius 2 is 2.04 bits per heavy atom. The Bertz CT molecular complexity index is 887. The Morgan fingerprint density at radius 3 is 2.73 bits per heavy atom. The summed E-state index contributed by atoms with van der Waals surface area (Å²) < 4.78 is 5.10. The van der Waals surface area contributed by atoms with E-state index in [1.54, 1.807) is 23.5 Å². The van der Waals surface area contributed by atoms with Gasteiger partial charge in [-0.2, -0.15) is 16.9 Å². The van der Waals surface area contributed by atoms with Gasteiger partial charge in [-0.3, -0.25) is 4.79 Å². The van der Waals surface area contributed by atoms with Crippen LogP contribution in [-0.4, -0.2) is 17.4 Å². The number of carbonyl (C=O) groups is 1. The molecule has 0 aliphatic carbocycles. The summed E-state index contributed by atoms with van der Waals surface area (Å²) in [6.45, 7) is 2.14. The monoisotopic (exact) mass is 404 g/mol. The summed E-state index contributed by atoms with van der Waals surface area (Å²) in [4.78, 5) is 14.4.